The quantitative estimate of drug-likeness (QED) is 0.392. The predicted molar refractivity (Wildman–Crippen MR) is 126 cm³/mol. The standard InChI is InChI=1S/C21H18BrF3N4O4S2/c1-2-33-20(30)16-15-7-11(9-27-35(31,32)21(24)25)10-29(15)18(19-26-5-6-34-19)28-17(16)13-4-3-12(23)8-14(13)22/h3-6,8-9,11,17,21H,2,7,10H2,1H3/p+1/b27-9+/t11?,17-/m0/s1. The van der Waals surface area contributed by atoms with Gasteiger partial charge in [-0.1, -0.05) is 22.0 Å². The molecule has 0 bridgehead atoms. The number of carbonyl (C=O) groups is 1. The zero-order valence-corrected chi connectivity index (χ0v) is 21.3. The summed E-state index contributed by atoms with van der Waals surface area (Å²) in [4.78, 5) is 23.9. The number of aliphatic imine (C=N–C) groups is 1. The molecular weight excluding hydrogens is 573 g/mol. The van der Waals surface area contributed by atoms with Crippen molar-refractivity contribution in [3.63, 3.8) is 0 Å². The molecule has 0 spiro atoms. The molecule has 1 N–H and O–H groups in total. The van der Waals surface area contributed by atoms with E-state index in [1.165, 1.54) is 29.5 Å². The highest BCUT2D eigenvalue weighted by molar-refractivity contribution is 9.10. The molecule has 1 fully saturated rings. The molecule has 0 aliphatic carbocycles. The molecule has 2 aliphatic rings. The lowest BCUT2D eigenvalue weighted by atomic mass is 9.94. The minimum absolute atomic E-state index is 0.0969. The number of hydrogen-bond donors (Lipinski definition) is 1. The van der Waals surface area contributed by atoms with Gasteiger partial charge >= 0.3 is 21.8 Å². The molecule has 186 valence electrons. The van der Waals surface area contributed by atoms with E-state index in [2.05, 4.69) is 20.9 Å². The fourth-order valence-electron chi connectivity index (χ4n) is 3.90. The highest BCUT2D eigenvalue weighted by Crippen LogP contribution is 2.43. The van der Waals surface area contributed by atoms with Crippen LogP contribution in [0.5, 0.6) is 0 Å². The van der Waals surface area contributed by atoms with Crippen LogP contribution in [0.3, 0.4) is 0 Å². The molecule has 35 heavy (non-hydrogen) atoms. The number of halogens is 4. The Bertz CT molecular complexity index is 1330. The molecule has 2 atom stereocenters. The predicted octanol–water partition coefficient (Wildman–Crippen LogP) is 2.39. The summed E-state index contributed by atoms with van der Waals surface area (Å²) in [6.45, 7) is 1.92. The molecule has 1 unspecified atom stereocenters. The molecule has 1 saturated heterocycles. The number of amidine groups is 1. The number of alkyl halides is 2. The number of esters is 1. The van der Waals surface area contributed by atoms with Gasteiger partial charge in [-0.2, -0.15) is 17.2 Å². The third-order valence-electron chi connectivity index (χ3n) is 5.37. The number of rotatable bonds is 7. The van der Waals surface area contributed by atoms with Gasteiger partial charge in [0.15, 0.2) is 17.1 Å². The minimum atomic E-state index is -4.82. The van der Waals surface area contributed by atoms with Gasteiger partial charge in [0.1, 0.15) is 11.9 Å². The van der Waals surface area contributed by atoms with Crippen LogP contribution in [0.25, 0.3) is 0 Å². The number of aromatic nitrogens is 1. The van der Waals surface area contributed by atoms with Crippen molar-refractivity contribution in [1.29, 1.82) is 0 Å². The van der Waals surface area contributed by atoms with E-state index in [0.29, 0.717) is 26.6 Å². The first-order valence-electron chi connectivity index (χ1n) is 10.3. The van der Waals surface area contributed by atoms with Crippen LogP contribution in [0.1, 0.15) is 30.0 Å². The molecule has 1 aromatic carbocycles. The number of carbonyl (C=O) groups excluding carboxylic acids is 1. The first-order valence-corrected chi connectivity index (χ1v) is 13.6. The molecular formula is C21H19BrF3N4O4S2+. The van der Waals surface area contributed by atoms with Crippen LogP contribution in [0.2, 0.25) is 0 Å². The third kappa shape index (κ3) is 5.19. The highest BCUT2D eigenvalue weighted by atomic mass is 79.9. The number of thiazole rings is 1. The van der Waals surface area contributed by atoms with Crippen LogP contribution < -0.4 is 4.40 Å². The van der Waals surface area contributed by atoms with Crippen molar-refractivity contribution in [3.8, 4) is 0 Å². The Balaban J connectivity index is 1.85. The number of fused-ring (bicyclic) bond motifs is 1. The molecule has 4 rings (SSSR count). The summed E-state index contributed by atoms with van der Waals surface area (Å²) in [7, 11) is -4.82. The maximum Gasteiger partial charge on any atom is 0.425 e. The maximum absolute atomic E-state index is 13.8. The number of hydrogen-bond acceptors (Lipinski definition) is 8. The number of nitrogens with zero attached hydrogens (tertiary/aromatic N) is 3. The Labute approximate surface area is 211 Å². The smallest absolute Gasteiger partial charge is 0.425 e. The molecule has 2 aromatic rings. The number of allylic oxidation sites excluding steroid dienone is 1. The zero-order valence-electron chi connectivity index (χ0n) is 18.1. The molecule has 0 saturated carbocycles. The Morgan fingerprint density at radius 2 is 2.20 bits per heavy atom. The lowest BCUT2D eigenvalue weighted by molar-refractivity contribution is -0.270. The second-order valence-corrected chi connectivity index (χ2v) is 11.0. The monoisotopic (exact) mass is 591 g/mol. The van der Waals surface area contributed by atoms with Crippen molar-refractivity contribution in [2.24, 2.45) is 10.9 Å². The van der Waals surface area contributed by atoms with E-state index in [1.807, 2.05) is 4.40 Å². The number of nitrogens with one attached hydrogen (secondary N) is 1. The normalized spacial score (nSPS) is 20.5. The van der Waals surface area contributed by atoms with E-state index in [9.17, 15) is 26.4 Å². The minimum Gasteiger partial charge on any atom is -0.463 e. The molecule has 2 aliphatic heterocycles. The van der Waals surface area contributed by atoms with Crippen LogP contribution in [-0.4, -0.2) is 55.2 Å². The van der Waals surface area contributed by atoms with Crippen molar-refractivity contribution in [1.82, 2.24) is 9.88 Å². The third-order valence-corrected chi connectivity index (χ3v) is 7.76. The van der Waals surface area contributed by atoms with Gasteiger partial charge in [-0.25, -0.2) is 14.2 Å². The number of ether oxygens (including phenoxy) is 1. The lowest BCUT2D eigenvalue weighted by Gasteiger charge is -2.31. The molecule has 14 heteroatoms. The van der Waals surface area contributed by atoms with E-state index in [1.54, 1.807) is 23.4 Å². The maximum atomic E-state index is 13.8. The summed E-state index contributed by atoms with van der Waals surface area (Å²) >= 11 is 4.66. The molecule has 3 heterocycles. The van der Waals surface area contributed by atoms with E-state index in [4.69, 9.17) is 9.73 Å². The second-order valence-electron chi connectivity index (χ2n) is 7.60. The number of sulfonamides is 1. The summed E-state index contributed by atoms with van der Waals surface area (Å²) < 4.78 is 70.0. The molecule has 8 nitrogen and oxygen atoms in total. The van der Waals surface area contributed by atoms with E-state index in [0.717, 1.165) is 6.21 Å². The van der Waals surface area contributed by atoms with E-state index >= 15 is 0 Å². The molecule has 0 radical (unpaired) electrons. The van der Waals surface area contributed by atoms with Crippen molar-refractivity contribution in [2.45, 2.75) is 25.1 Å². The van der Waals surface area contributed by atoms with Gasteiger partial charge in [0.05, 0.1) is 18.1 Å². The van der Waals surface area contributed by atoms with Crippen molar-refractivity contribution in [2.75, 3.05) is 13.2 Å². The topological polar surface area (TPSA) is 103 Å². The van der Waals surface area contributed by atoms with Crippen LogP contribution in [0, 0.1) is 11.7 Å². The van der Waals surface area contributed by atoms with Gasteiger partial charge in [0.2, 0.25) is 0 Å². The van der Waals surface area contributed by atoms with Gasteiger partial charge in [-0.05, 0) is 24.6 Å². The Morgan fingerprint density at radius 3 is 2.83 bits per heavy atom. The van der Waals surface area contributed by atoms with Gasteiger partial charge < -0.3 is 9.64 Å². The van der Waals surface area contributed by atoms with Crippen molar-refractivity contribution in [3.05, 3.63) is 61.9 Å². The summed E-state index contributed by atoms with van der Waals surface area (Å²) in [5.74, 6) is -4.82. The Morgan fingerprint density at radius 1 is 1.43 bits per heavy atom. The van der Waals surface area contributed by atoms with Crippen LogP contribution in [0.15, 0.2) is 50.5 Å². The van der Waals surface area contributed by atoms with Crippen LogP contribution >= 0.6 is 27.3 Å². The SMILES string of the molecule is CCOC(=O)C1=C2CC(/C=[NH+]/S(=O)(=O)C(F)F)CN2C(c2nccs2)=N[C@H]1c1ccc(F)cc1Br. The van der Waals surface area contributed by atoms with Crippen molar-refractivity contribution >= 4 is 55.3 Å². The first kappa shape index (κ1) is 25.5. The summed E-state index contributed by atoms with van der Waals surface area (Å²) in [6.07, 6.45) is 2.82. The Kier molecular flexibility index (Phi) is 7.43. The van der Waals surface area contributed by atoms with Gasteiger partial charge in [0.25, 0.3) is 0 Å². The van der Waals surface area contributed by atoms with E-state index < -0.39 is 39.5 Å². The van der Waals surface area contributed by atoms with Crippen molar-refractivity contribution < 1.29 is 35.5 Å². The zero-order chi connectivity index (χ0) is 25.3. The van der Waals surface area contributed by atoms with Gasteiger partial charge in [-0.15, -0.1) is 15.7 Å². The Hall–Kier alpha value is -2.58. The highest BCUT2D eigenvalue weighted by Gasteiger charge is 2.43. The average Bonchev–Trinajstić information content (AvgIpc) is 3.47. The van der Waals surface area contributed by atoms with Crippen LogP contribution in [0.4, 0.5) is 13.2 Å². The average molecular weight is 592 g/mol. The second kappa shape index (κ2) is 10.2. The van der Waals surface area contributed by atoms with E-state index in [-0.39, 0.29) is 25.1 Å². The molecule has 1 aromatic heterocycles. The largest absolute Gasteiger partial charge is 0.463 e. The van der Waals surface area contributed by atoms with Gasteiger partial charge in [0, 0.05) is 34.7 Å². The summed E-state index contributed by atoms with van der Waals surface area (Å²) in [5, 5.41) is 2.30. The van der Waals surface area contributed by atoms with Crippen LogP contribution in [-0.2, 0) is 19.6 Å². The summed E-state index contributed by atoms with van der Waals surface area (Å²) in [6, 6.07) is 3.16. The fourth-order valence-corrected chi connectivity index (χ4v) is 5.59. The molecule has 0 amide bonds. The summed E-state index contributed by atoms with van der Waals surface area (Å²) in [5.41, 5.74) is 1.22. The lowest BCUT2D eigenvalue weighted by Crippen LogP contribution is -2.75. The first-order chi connectivity index (χ1) is 16.6. The number of benzene rings is 1. The van der Waals surface area contributed by atoms with Gasteiger partial charge in [-0.3, -0.25) is 4.99 Å². The fraction of sp³-hybridized carbons (Fsp3) is 0.333.